The van der Waals surface area contributed by atoms with E-state index in [4.69, 9.17) is 43.1 Å². The van der Waals surface area contributed by atoms with Gasteiger partial charge in [-0.25, -0.2) is 39.2 Å². The van der Waals surface area contributed by atoms with E-state index in [2.05, 4.69) is 27.0 Å². The van der Waals surface area contributed by atoms with E-state index >= 15 is 0 Å². The molecule has 0 fully saturated rings. The average molecular weight is 502 g/mol. The van der Waals surface area contributed by atoms with Crippen LogP contribution in [0.5, 0.6) is 0 Å². The van der Waals surface area contributed by atoms with Gasteiger partial charge in [0, 0.05) is 0 Å². The first-order valence-corrected chi connectivity index (χ1v) is 6.56. The van der Waals surface area contributed by atoms with Crippen LogP contribution < -0.4 is 29.4 Å². The van der Waals surface area contributed by atoms with E-state index in [1.165, 1.54) is 12.2 Å². The zero-order chi connectivity index (χ0) is 16.1. The molecule has 0 unspecified atom stereocenters. The third-order valence-corrected chi connectivity index (χ3v) is 0. The Kier molecular flexibility index (Phi) is 107. The monoisotopic (exact) mass is 499 g/mol. The van der Waals surface area contributed by atoms with Crippen molar-refractivity contribution in [1.29, 1.82) is 0 Å². The summed E-state index contributed by atoms with van der Waals surface area (Å²) in [5.74, 6) is 0. The second-order valence-electron chi connectivity index (χ2n) is 1.25. The van der Waals surface area contributed by atoms with E-state index in [-0.39, 0.29) is 52.4 Å². The molecule has 0 aliphatic heterocycles. The van der Waals surface area contributed by atoms with Gasteiger partial charge in [-0.15, -0.1) is 0 Å². The molecule has 0 aromatic rings. The van der Waals surface area contributed by atoms with Crippen LogP contribution in [0.4, 0.5) is 0 Å². The van der Waals surface area contributed by atoms with Crippen LogP contribution in [0.3, 0.4) is 0 Å². The molecule has 0 radical (unpaired) electrons. The summed E-state index contributed by atoms with van der Waals surface area (Å²) < 4.78 is 25.4. The van der Waals surface area contributed by atoms with Crippen LogP contribution in [0.15, 0.2) is 25.3 Å². The molecule has 0 aliphatic rings. The number of rotatable bonds is 0. The first-order valence-electron chi connectivity index (χ1n) is 3.28. The Morgan fingerprint density at radius 3 is 0.650 bits per heavy atom. The molecule has 0 aromatic heterocycles. The van der Waals surface area contributed by atoms with Gasteiger partial charge < -0.3 is 29.4 Å². The molecule has 9 nitrogen and oxygen atoms in total. The second-order valence-corrected chi connectivity index (χ2v) is 2.59. The fourth-order valence-corrected chi connectivity index (χ4v) is 0. The molecule has 0 bridgehead atoms. The molecule has 20 heavy (non-hydrogen) atoms. The van der Waals surface area contributed by atoms with Gasteiger partial charge in [0.25, 0.3) is 24.8 Å². The number of allylic oxidation sites excluding steroid dienone is 2. The first-order chi connectivity index (χ1) is 8.02. The summed E-state index contributed by atoms with van der Waals surface area (Å²) >= 11 is 0. The van der Waals surface area contributed by atoms with Gasteiger partial charge >= 0.3 is 52.4 Å². The molecule has 0 heterocycles. The molecule has 14 heteroatoms. The largest absolute Gasteiger partial charge is 4.00 e. The van der Waals surface area contributed by atoms with Gasteiger partial charge in [0.05, 0.1) is 0 Å². The van der Waals surface area contributed by atoms with E-state index in [0.29, 0.717) is 0 Å². The zero-order valence-electron chi connectivity index (χ0n) is 10.00. The zero-order valence-corrected chi connectivity index (χ0v) is 17.6. The van der Waals surface area contributed by atoms with Crippen LogP contribution >= 0.6 is 24.8 Å². The molecule has 108 valence electrons. The predicted molar refractivity (Wildman–Crippen MR) is 53.9 cm³/mol. The predicted octanol–water partition coefficient (Wildman–Crippen LogP) is -2.90. The summed E-state index contributed by atoms with van der Waals surface area (Å²) in [5, 5.41) is 0. The maximum absolute atomic E-state index is 8.48. The van der Waals surface area contributed by atoms with Crippen LogP contribution in [0, 0.1) is 13.8 Å². The minimum Gasteiger partial charge on any atom is -0.598 e. The van der Waals surface area contributed by atoms with Gasteiger partial charge in [0.2, 0.25) is 0 Å². The van der Waals surface area contributed by atoms with Crippen molar-refractivity contribution in [3.8, 4) is 0 Å². The Morgan fingerprint density at radius 2 is 0.650 bits per heavy atom. The molecule has 0 amide bonds. The van der Waals surface area contributed by atoms with Gasteiger partial charge in [-0.2, -0.15) is 0 Å². The van der Waals surface area contributed by atoms with E-state index in [1.807, 2.05) is 0 Å². The molecule has 0 N–H and O–H groups in total. The van der Waals surface area contributed by atoms with E-state index in [0.717, 1.165) is 0 Å². The van der Waals surface area contributed by atoms with Crippen molar-refractivity contribution in [2.45, 2.75) is 0 Å². The second kappa shape index (κ2) is 50.1. The van der Waals surface area contributed by atoms with Gasteiger partial charge in [-0.3, -0.25) is 0 Å². The van der Waals surface area contributed by atoms with Crippen molar-refractivity contribution < 1.29 is 95.5 Å². The van der Waals surface area contributed by atoms with Crippen molar-refractivity contribution in [1.82, 2.24) is 0 Å². The Hall–Kier alpha value is 1.05. The van der Waals surface area contributed by atoms with Crippen molar-refractivity contribution in [2.24, 2.45) is 0 Å². The van der Waals surface area contributed by atoms with Crippen LogP contribution in [-0.2, 0) is 66.1 Å². The number of hydrogen-bond acceptors (Lipinski definition) is 9. The Labute approximate surface area is 158 Å². The molecule has 0 saturated carbocycles. The molecular weight excluding hydrogens is 491 g/mol. The van der Waals surface area contributed by atoms with Gasteiger partial charge in [-0.05, 0) is 0 Å². The standard InChI is InChI=1S/2C3H5.3HO3P.2Zr/c2*1-3-2;3*1-4(2)3;;/h2*3H,1-2H2;3*(H,1,2,3);;/q2*-1;;;;2*+4/p-3. The molecule has 0 rings (SSSR count). The van der Waals surface area contributed by atoms with Gasteiger partial charge in [0.15, 0.2) is 0 Å². The quantitative estimate of drug-likeness (QED) is 0.247. The van der Waals surface area contributed by atoms with Crippen molar-refractivity contribution in [2.75, 3.05) is 0 Å². The summed E-state index contributed by atoms with van der Waals surface area (Å²) in [5.41, 5.74) is 0. The maximum atomic E-state index is 8.48. The first kappa shape index (κ1) is 42.9. The van der Waals surface area contributed by atoms with Gasteiger partial charge in [0.1, 0.15) is 0 Å². The SMILES string of the molecule is C=C[CH2-].C=C[CH2-].O=[P+]([O-])[O-].O=[P+]([O-])[O-].O=[P+]([O-])[O-].[Zr+4].[Zr+4]. The van der Waals surface area contributed by atoms with E-state index in [1.54, 1.807) is 0 Å². The minimum atomic E-state index is -3.37. The molecule has 0 aromatic carbocycles. The van der Waals surface area contributed by atoms with E-state index in [9.17, 15) is 0 Å². The van der Waals surface area contributed by atoms with E-state index < -0.39 is 24.8 Å². The molecule has 0 saturated heterocycles. The Balaban J connectivity index is -0.0000000207. The summed E-state index contributed by atoms with van der Waals surface area (Å²) in [6.45, 7) is 13.0. The normalized spacial score (nSPS) is 5.10. The Morgan fingerprint density at radius 1 is 0.650 bits per heavy atom. The van der Waals surface area contributed by atoms with Crippen molar-refractivity contribution in [3.63, 3.8) is 0 Å². The van der Waals surface area contributed by atoms with Crippen molar-refractivity contribution in [3.05, 3.63) is 39.2 Å². The summed E-state index contributed by atoms with van der Waals surface area (Å²) in [6, 6.07) is 0. The minimum absolute atomic E-state index is 0. The Bertz CT molecular complexity index is 193. The molecule has 0 atom stereocenters. The van der Waals surface area contributed by atoms with Gasteiger partial charge in [-0.1, -0.05) is 13.7 Å². The fraction of sp³-hybridized carbons (Fsp3) is 0. The average Bonchev–Trinajstić information content (AvgIpc) is 2.00. The third kappa shape index (κ3) is 5670. The third-order valence-electron chi connectivity index (χ3n) is 0. The summed E-state index contributed by atoms with van der Waals surface area (Å²) in [4.78, 5) is 50.9. The van der Waals surface area contributed by atoms with Crippen LogP contribution in [0.25, 0.3) is 0 Å². The van der Waals surface area contributed by atoms with Crippen LogP contribution in [0.1, 0.15) is 0 Å². The number of hydrogen-bond donors (Lipinski definition) is 0. The van der Waals surface area contributed by atoms with Crippen LogP contribution in [-0.4, -0.2) is 0 Å². The summed E-state index contributed by atoms with van der Waals surface area (Å²) in [7, 11) is -10.1. The maximum Gasteiger partial charge on any atom is 4.00 e. The molecule has 0 spiro atoms. The van der Waals surface area contributed by atoms with Crippen molar-refractivity contribution >= 4 is 24.8 Å². The van der Waals surface area contributed by atoms with Crippen LogP contribution in [0.2, 0.25) is 0 Å². The molecule has 0 aliphatic carbocycles. The molecular formula is C6H10O9P3Zr2+3. The topological polar surface area (TPSA) is 190 Å². The smallest absolute Gasteiger partial charge is 0.598 e. The summed E-state index contributed by atoms with van der Waals surface area (Å²) in [6.07, 6.45) is 3.00. The fourth-order valence-electron chi connectivity index (χ4n) is 0.